The molecule has 0 N–H and O–H groups in total. The van der Waals surface area contributed by atoms with Gasteiger partial charge in [-0.3, -0.25) is 0 Å². The fourth-order valence-electron chi connectivity index (χ4n) is 0.941. The van der Waals surface area contributed by atoms with Gasteiger partial charge in [0.05, 0.1) is 20.0 Å². The van der Waals surface area contributed by atoms with E-state index in [1.54, 1.807) is 7.11 Å². The Morgan fingerprint density at radius 1 is 1.56 bits per heavy atom. The lowest BCUT2D eigenvalue weighted by Gasteiger charge is -2.14. The van der Waals surface area contributed by atoms with E-state index in [0.29, 0.717) is 0 Å². The molecule has 0 bridgehead atoms. The average Bonchev–Trinajstić information content (AvgIpc) is 2.10. The quantitative estimate of drug-likeness (QED) is 0.504. The summed E-state index contributed by atoms with van der Waals surface area (Å²) in [5.41, 5.74) is 0. The lowest BCUT2D eigenvalue weighted by atomic mass is 10.8. The highest BCUT2D eigenvalue weighted by Gasteiger charge is 2.13. The molecule has 0 amide bonds. The molecule has 0 unspecified atom stereocenters. The highest BCUT2D eigenvalue weighted by atomic mass is 16.5. The van der Waals surface area contributed by atoms with Crippen LogP contribution in [0.5, 0.6) is 0 Å². The highest BCUT2D eigenvalue weighted by molar-refractivity contribution is 4.96. The van der Waals surface area contributed by atoms with Crippen molar-refractivity contribution in [2.24, 2.45) is 0 Å². The summed E-state index contributed by atoms with van der Waals surface area (Å²) in [6.07, 6.45) is 1.97. The molecule has 0 fully saturated rings. The van der Waals surface area contributed by atoms with Crippen molar-refractivity contribution in [3.05, 3.63) is 12.1 Å². The first-order chi connectivity index (χ1) is 4.24. The summed E-state index contributed by atoms with van der Waals surface area (Å²) < 4.78 is 5.04. The summed E-state index contributed by atoms with van der Waals surface area (Å²) in [4.78, 5) is 4.11. The number of rotatable bonds is 1. The Morgan fingerprint density at radius 2 is 2.22 bits per heavy atom. The number of ether oxygens (including phenoxy) is 1. The van der Waals surface area contributed by atoms with Gasteiger partial charge in [0, 0.05) is 14.1 Å². The normalized spacial score (nSPS) is 18.3. The number of hydrogen-bond acceptors (Lipinski definition) is 3. The van der Waals surface area contributed by atoms with Gasteiger partial charge in [-0.25, -0.2) is 0 Å². The van der Waals surface area contributed by atoms with Gasteiger partial charge in [0.1, 0.15) is 0 Å². The second kappa shape index (κ2) is 2.17. The van der Waals surface area contributed by atoms with Gasteiger partial charge < -0.3 is 14.5 Å². The summed E-state index contributed by atoms with van der Waals surface area (Å²) in [6.45, 7) is 0.920. The van der Waals surface area contributed by atoms with Crippen molar-refractivity contribution < 1.29 is 4.74 Å². The van der Waals surface area contributed by atoms with Crippen molar-refractivity contribution in [1.82, 2.24) is 9.80 Å². The van der Waals surface area contributed by atoms with E-state index in [0.717, 1.165) is 12.6 Å². The zero-order valence-corrected chi connectivity index (χ0v) is 6.09. The van der Waals surface area contributed by atoms with Crippen molar-refractivity contribution in [1.29, 1.82) is 0 Å². The molecule has 0 saturated heterocycles. The van der Waals surface area contributed by atoms with Crippen LogP contribution >= 0.6 is 0 Å². The molecule has 1 aliphatic heterocycles. The Kier molecular flexibility index (Phi) is 1.51. The van der Waals surface area contributed by atoms with E-state index in [2.05, 4.69) is 4.90 Å². The summed E-state index contributed by atoms with van der Waals surface area (Å²) in [6, 6.07) is 0. The Balaban J connectivity index is 2.57. The monoisotopic (exact) mass is 128 g/mol. The fraction of sp³-hybridized carbons (Fsp3) is 0.667. The maximum Gasteiger partial charge on any atom is 0.206 e. The Bertz CT molecular complexity index is 133. The van der Waals surface area contributed by atoms with Crippen LogP contribution in [0.2, 0.25) is 0 Å². The third kappa shape index (κ3) is 1.09. The molecule has 3 heteroatoms. The van der Waals surface area contributed by atoms with Crippen molar-refractivity contribution >= 4 is 0 Å². The molecule has 1 rings (SSSR count). The van der Waals surface area contributed by atoms with E-state index in [-0.39, 0.29) is 0 Å². The molecular formula is C6H12N2O. The maximum absolute atomic E-state index is 5.04. The average molecular weight is 128 g/mol. The van der Waals surface area contributed by atoms with Crippen molar-refractivity contribution in [2.75, 3.05) is 27.9 Å². The van der Waals surface area contributed by atoms with Gasteiger partial charge in [-0.1, -0.05) is 0 Å². The molecule has 1 aliphatic rings. The summed E-state index contributed by atoms with van der Waals surface area (Å²) in [5, 5.41) is 0. The Morgan fingerprint density at radius 3 is 2.44 bits per heavy atom. The number of methoxy groups -OCH3 is 1. The van der Waals surface area contributed by atoms with Gasteiger partial charge in [0.15, 0.2) is 0 Å². The molecule has 3 nitrogen and oxygen atoms in total. The van der Waals surface area contributed by atoms with Crippen LogP contribution in [-0.4, -0.2) is 37.7 Å². The highest BCUT2D eigenvalue weighted by Crippen LogP contribution is 2.10. The molecule has 1 heterocycles. The van der Waals surface area contributed by atoms with Gasteiger partial charge in [-0.15, -0.1) is 0 Å². The molecule has 0 saturated carbocycles. The van der Waals surface area contributed by atoms with Gasteiger partial charge in [-0.05, 0) is 0 Å². The van der Waals surface area contributed by atoms with Crippen LogP contribution in [0.3, 0.4) is 0 Å². The van der Waals surface area contributed by atoms with Crippen LogP contribution in [0.1, 0.15) is 0 Å². The van der Waals surface area contributed by atoms with Crippen molar-refractivity contribution in [3.8, 4) is 0 Å². The lowest BCUT2D eigenvalue weighted by Crippen LogP contribution is -2.20. The first-order valence-electron chi connectivity index (χ1n) is 2.91. The summed E-state index contributed by atoms with van der Waals surface area (Å²) >= 11 is 0. The van der Waals surface area contributed by atoms with Crippen LogP contribution in [0.15, 0.2) is 12.1 Å². The summed E-state index contributed by atoms with van der Waals surface area (Å²) in [5.74, 6) is 0.928. The Labute approximate surface area is 55.5 Å². The minimum atomic E-state index is 0.920. The SMILES string of the molecule is COC1=CN(C)CN1C. The molecule has 9 heavy (non-hydrogen) atoms. The zero-order chi connectivity index (χ0) is 6.85. The lowest BCUT2D eigenvalue weighted by molar-refractivity contribution is 0.179. The van der Waals surface area contributed by atoms with Gasteiger partial charge in [-0.2, -0.15) is 0 Å². The van der Waals surface area contributed by atoms with Crippen LogP contribution in [0.25, 0.3) is 0 Å². The second-order valence-corrected chi connectivity index (χ2v) is 2.27. The molecule has 0 aliphatic carbocycles. The third-order valence-electron chi connectivity index (χ3n) is 1.35. The van der Waals surface area contributed by atoms with E-state index in [4.69, 9.17) is 4.74 Å². The van der Waals surface area contributed by atoms with Gasteiger partial charge in [0.2, 0.25) is 5.88 Å². The van der Waals surface area contributed by atoms with E-state index < -0.39 is 0 Å². The summed E-state index contributed by atoms with van der Waals surface area (Å²) in [7, 11) is 5.70. The molecule has 0 aromatic rings. The second-order valence-electron chi connectivity index (χ2n) is 2.27. The number of hydrogen-bond donors (Lipinski definition) is 0. The van der Waals surface area contributed by atoms with Crippen molar-refractivity contribution in [2.45, 2.75) is 0 Å². The predicted molar refractivity (Wildman–Crippen MR) is 35.5 cm³/mol. The number of nitrogens with zero attached hydrogens (tertiary/aromatic N) is 2. The first kappa shape index (κ1) is 6.26. The van der Waals surface area contributed by atoms with Gasteiger partial charge in [0.25, 0.3) is 0 Å². The van der Waals surface area contributed by atoms with Crippen LogP contribution in [0.4, 0.5) is 0 Å². The molecular weight excluding hydrogens is 116 g/mol. The van der Waals surface area contributed by atoms with E-state index >= 15 is 0 Å². The molecule has 0 radical (unpaired) electrons. The smallest absolute Gasteiger partial charge is 0.206 e. The van der Waals surface area contributed by atoms with Crippen molar-refractivity contribution in [3.63, 3.8) is 0 Å². The van der Waals surface area contributed by atoms with Gasteiger partial charge >= 0.3 is 0 Å². The maximum atomic E-state index is 5.04. The molecule has 0 aromatic carbocycles. The minimum Gasteiger partial charge on any atom is -0.481 e. The molecule has 0 spiro atoms. The largest absolute Gasteiger partial charge is 0.481 e. The van der Waals surface area contributed by atoms with Crippen LogP contribution in [-0.2, 0) is 4.74 Å². The standard InChI is InChI=1S/C6H12N2O/c1-7-4-6(9-3)8(2)5-7/h4H,5H2,1-3H3. The minimum absolute atomic E-state index is 0.920. The first-order valence-corrected chi connectivity index (χ1v) is 2.91. The molecule has 52 valence electrons. The third-order valence-corrected chi connectivity index (χ3v) is 1.35. The molecule has 0 atom stereocenters. The Hall–Kier alpha value is -0.860. The van der Waals surface area contributed by atoms with E-state index in [1.165, 1.54) is 0 Å². The topological polar surface area (TPSA) is 15.7 Å². The van der Waals surface area contributed by atoms with E-state index in [9.17, 15) is 0 Å². The molecule has 0 aromatic heterocycles. The zero-order valence-electron chi connectivity index (χ0n) is 6.09. The predicted octanol–water partition coefficient (Wildman–Crippen LogP) is 0.266. The van der Waals surface area contributed by atoms with Crippen LogP contribution in [0, 0.1) is 0 Å². The van der Waals surface area contributed by atoms with Crippen LogP contribution < -0.4 is 0 Å². The van der Waals surface area contributed by atoms with E-state index in [1.807, 2.05) is 25.2 Å². The fourth-order valence-corrected chi connectivity index (χ4v) is 0.941.